The number of hydrogen-bond acceptors (Lipinski definition) is 7. The van der Waals surface area contributed by atoms with Crippen LogP contribution in [0.2, 0.25) is 0 Å². The smallest absolute Gasteiger partial charge is 0.234 e. The highest BCUT2D eigenvalue weighted by atomic mass is 32.2. The summed E-state index contributed by atoms with van der Waals surface area (Å²) in [4.78, 5) is 12.7. The summed E-state index contributed by atoms with van der Waals surface area (Å²) >= 11 is 1.33. The van der Waals surface area contributed by atoms with Crippen LogP contribution < -0.4 is 14.8 Å². The second kappa shape index (κ2) is 10.7. The van der Waals surface area contributed by atoms with Crippen molar-refractivity contribution >= 4 is 23.4 Å². The van der Waals surface area contributed by atoms with E-state index in [0.29, 0.717) is 23.2 Å². The van der Waals surface area contributed by atoms with Gasteiger partial charge in [-0.25, -0.2) is 0 Å². The quantitative estimate of drug-likeness (QED) is 0.471. The molecule has 1 fully saturated rings. The van der Waals surface area contributed by atoms with E-state index in [2.05, 4.69) is 15.5 Å². The van der Waals surface area contributed by atoms with Crippen LogP contribution in [0.4, 0.5) is 5.69 Å². The first-order valence-electron chi connectivity index (χ1n) is 10.9. The maximum absolute atomic E-state index is 12.7. The summed E-state index contributed by atoms with van der Waals surface area (Å²) in [5.74, 6) is 2.21. The SMILES string of the molecule is COc1ccc(-n2c(C)nnc2SCC(=O)Nc2ccc(C)cc2OCC2CCCO2)cc1. The van der Waals surface area contributed by atoms with Crippen LogP contribution in [-0.4, -0.2) is 52.9 Å². The third-order valence-electron chi connectivity index (χ3n) is 5.32. The number of aromatic nitrogens is 3. The van der Waals surface area contributed by atoms with Crippen molar-refractivity contribution in [1.29, 1.82) is 0 Å². The maximum atomic E-state index is 12.7. The molecule has 1 amide bonds. The Kier molecular flexibility index (Phi) is 7.51. The molecule has 0 radical (unpaired) electrons. The number of hydrogen-bond donors (Lipinski definition) is 1. The topological polar surface area (TPSA) is 87.5 Å². The normalized spacial score (nSPS) is 15.4. The summed E-state index contributed by atoms with van der Waals surface area (Å²) < 4.78 is 18.8. The number of rotatable bonds is 9. The molecule has 0 spiro atoms. The van der Waals surface area contributed by atoms with Gasteiger partial charge in [-0.15, -0.1) is 10.2 Å². The Labute approximate surface area is 197 Å². The average Bonchev–Trinajstić information content (AvgIpc) is 3.47. The van der Waals surface area contributed by atoms with Crippen molar-refractivity contribution in [3.63, 3.8) is 0 Å². The van der Waals surface area contributed by atoms with Gasteiger partial charge >= 0.3 is 0 Å². The van der Waals surface area contributed by atoms with Gasteiger partial charge in [0, 0.05) is 12.3 Å². The van der Waals surface area contributed by atoms with Crippen LogP contribution in [0, 0.1) is 13.8 Å². The fourth-order valence-electron chi connectivity index (χ4n) is 3.59. The third-order valence-corrected chi connectivity index (χ3v) is 6.25. The molecule has 0 bridgehead atoms. The van der Waals surface area contributed by atoms with Gasteiger partial charge in [0.15, 0.2) is 5.16 Å². The molecule has 4 rings (SSSR count). The van der Waals surface area contributed by atoms with E-state index in [1.165, 1.54) is 11.8 Å². The molecule has 1 aliphatic heterocycles. The lowest BCUT2D eigenvalue weighted by Crippen LogP contribution is -2.19. The molecule has 1 saturated heterocycles. The summed E-state index contributed by atoms with van der Waals surface area (Å²) in [6, 6.07) is 13.4. The molecule has 1 aliphatic rings. The minimum absolute atomic E-state index is 0.108. The molecule has 1 atom stereocenters. The second-order valence-corrected chi connectivity index (χ2v) is 8.79. The van der Waals surface area contributed by atoms with E-state index >= 15 is 0 Å². The number of nitrogens with zero attached hydrogens (tertiary/aromatic N) is 3. The lowest BCUT2D eigenvalue weighted by atomic mass is 10.2. The zero-order chi connectivity index (χ0) is 23.2. The molecule has 1 N–H and O–H groups in total. The number of benzene rings is 2. The van der Waals surface area contributed by atoms with Crippen molar-refractivity contribution in [2.24, 2.45) is 0 Å². The Morgan fingerprint density at radius 1 is 1.21 bits per heavy atom. The van der Waals surface area contributed by atoms with Gasteiger partial charge in [0.1, 0.15) is 23.9 Å². The lowest BCUT2D eigenvalue weighted by molar-refractivity contribution is -0.113. The van der Waals surface area contributed by atoms with Crippen LogP contribution in [0.5, 0.6) is 11.5 Å². The van der Waals surface area contributed by atoms with Crippen LogP contribution in [-0.2, 0) is 9.53 Å². The second-order valence-electron chi connectivity index (χ2n) is 7.85. The van der Waals surface area contributed by atoms with E-state index in [9.17, 15) is 4.79 Å². The molecule has 2 aromatic carbocycles. The average molecular weight is 469 g/mol. The molecule has 8 nitrogen and oxygen atoms in total. The van der Waals surface area contributed by atoms with Gasteiger partial charge in [0.25, 0.3) is 0 Å². The van der Waals surface area contributed by atoms with E-state index in [0.717, 1.165) is 42.3 Å². The van der Waals surface area contributed by atoms with Crippen molar-refractivity contribution in [3.8, 4) is 17.2 Å². The predicted octanol–water partition coefficient (Wildman–Crippen LogP) is 4.18. The van der Waals surface area contributed by atoms with Crippen molar-refractivity contribution in [1.82, 2.24) is 14.8 Å². The fraction of sp³-hybridized carbons (Fsp3) is 0.375. The van der Waals surface area contributed by atoms with E-state index in [4.69, 9.17) is 14.2 Å². The van der Waals surface area contributed by atoms with Gasteiger partial charge in [-0.3, -0.25) is 9.36 Å². The van der Waals surface area contributed by atoms with Gasteiger partial charge < -0.3 is 19.5 Å². The Bertz CT molecular complexity index is 1090. The van der Waals surface area contributed by atoms with Crippen molar-refractivity contribution in [2.45, 2.75) is 37.9 Å². The number of carbonyl (C=O) groups is 1. The third kappa shape index (κ3) is 5.85. The summed E-state index contributed by atoms with van der Waals surface area (Å²) in [6.07, 6.45) is 2.17. The Hall–Kier alpha value is -3.04. The van der Waals surface area contributed by atoms with E-state index < -0.39 is 0 Å². The Morgan fingerprint density at radius 2 is 2.03 bits per heavy atom. The number of ether oxygens (including phenoxy) is 3. The molecule has 0 saturated carbocycles. The predicted molar refractivity (Wildman–Crippen MR) is 128 cm³/mol. The van der Waals surface area contributed by atoms with Crippen molar-refractivity contribution < 1.29 is 19.0 Å². The first-order valence-corrected chi connectivity index (χ1v) is 11.9. The van der Waals surface area contributed by atoms with E-state index in [1.807, 2.05) is 60.9 Å². The first kappa shape index (κ1) is 23.1. The molecular weight excluding hydrogens is 440 g/mol. The van der Waals surface area contributed by atoms with Crippen LogP contribution >= 0.6 is 11.8 Å². The summed E-state index contributed by atoms with van der Waals surface area (Å²) in [7, 11) is 1.63. The van der Waals surface area contributed by atoms with Gasteiger partial charge in [0.05, 0.1) is 24.7 Å². The molecular formula is C24H28N4O4S. The van der Waals surface area contributed by atoms with Crippen LogP contribution in [0.1, 0.15) is 24.2 Å². The van der Waals surface area contributed by atoms with Crippen molar-refractivity contribution in [3.05, 3.63) is 53.9 Å². The van der Waals surface area contributed by atoms with Crippen LogP contribution in [0.3, 0.4) is 0 Å². The van der Waals surface area contributed by atoms with Gasteiger partial charge in [0.2, 0.25) is 5.91 Å². The largest absolute Gasteiger partial charge is 0.497 e. The minimum Gasteiger partial charge on any atom is -0.497 e. The number of amides is 1. The van der Waals surface area contributed by atoms with Crippen LogP contribution in [0.15, 0.2) is 47.6 Å². The Balaban J connectivity index is 1.40. The lowest BCUT2D eigenvalue weighted by Gasteiger charge is -2.16. The molecule has 3 aromatic rings. The number of carbonyl (C=O) groups excluding carboxylic acids is 1. The molecule has 1 aromatic heterocycles. The van der Waals surface area contributed by atoms with E-state index in [-0.39, 0.29) is 17.8 Å². The molecule has 0 aliphatic carbocycles. The highest BCUT2D eigenvalue weighted by Crippen LogP contribution is 2.28. The molecule has 9 heteroatoms. The zero-order valence-electron chi connectivity index (χ0n) is 19.0. The monoisotopic (exact) mass is 468 g/mol. The minimum atomic E-state index is -0.146. The summed E-state index contributed by atoms with van der Waals surface area (Å²) in [5, 5.41) is 12.0. The number of aryl methyl sites for hydroxylation is 2. The molecule has 2 heterocycles. The van der Waals surface area contributed by atoms with Crippen molar-refractivity contribution in [2.75, 3.05) is 31.4 Å². The van der Waals surface area contributed by atoms with Gasteiger partial charge in [-0.1, -0.05) is 17.8 Å². The number of anilines is 1. The van der Waals surface area contributed by atoms with Crippen LogP contribution in [0.25, 0.3) is 5.69 Å². The van der Waals surface area contributed by atoms with Gasteiger partial charge in [-0.2, -0.15) is 0 Å². The number of thioether (sulfide) groups is 1. The number of nitrogens with one attached hydrogen (secondary N) is 1. The molecule has 174 valence electrons. The highest BCUT2D eigenvalue weighted by Gasteiger charge is 2.18. The number of methoxy groups -OCH3 is 1. The summed E-state index contributed by atoms with van der Waals surface area (Å²) in [6.45, 7) is 5.13. The van der Waals surface area contributed by atoms with E-state index in [1.54, 1.807) is 7.11 Å². The Morgan fingerprint density at radius 3 is 2.76 bits per heavy atom. The molecule has 1 unspecified atom stereocenters. The first-order chi connectivity index (χ1) is 16.0. The fourth-order valence-corrected chi connectivity index (χ4v) is 4.39. The standard InChI is InChI=1S/C24H28N4O4S/c1-16-6-11-21(22(13-16)32-14-20-5-4-12-31-20)25-23(29)15-33-24-27-26-17(2)28(24)18-7-9-19(30-3)10-8-18/h6-11,13,20H,4-5,12,14-15H2,1-3H3,(H,25,29). The zero-order valence-corrected chi connectivity index (χ0v) is 19.9. The maximum Gasteiger partial charge on any atom is 0.234 e. The van der Waals surface area contributed by atoms with Gasteiger partial charge in [-0.05, 0) is 68.7 Å². The molecule has 33 heavy (non-hydrogen) atoms. The summed E-state index contributed by atoms with van der Waals surface area (Å²) in [5.41, 5.74) is 2.62. The highest BCUT2D eigenvalue weighted by molar-refractivity contribution is 7.99.